The number of aromatic nitrogens is 1. The number of nitrogens with zero attached hydrogens (tertiary/aromatic N) is 1. The molecule has 0 radical (unpaired) electrons. The second-order valence-corrected chi connectivity index (χ2v) is 9.85. The molecule has 0 saturated heterocycles. The molecular formula is C30H34FNO4. The lowest BCUT2D eigenvalue weighted by molar-refractivity contribution is 0.0592. The zero-order valence-electron chi connectivity index (χ0n) is 21.7. The van der Waals surface area contributed by atoms with Crippen molar-refractivity contribution in [2.75, 3.05) is 13.7 Å². The zero-order chi connectivity index (χ0) is 26.0. The molecule has 4 rings (SSSR count). The quantitative estimate of drug-likeness (QED) is 0.275. The van der Waals surface area contributed by atoms with Crippen molar-refractivity contribution in [1.82, 2.24) is 4.57 Å². The summed E-state index contributed by atoms with van der Waals surface area (Å²) >= 11 is 0. The summed E-state index contributed by atoms with van der Waals surface area (Å²) in [5, 5.41) is 0. The number of hydrogen-bond acceptors (Lipinski definition) is 4. The molecule has 1 heterocycles. The number of benzene rings is 2. The first-order valence-electron chi connectivity index (χ1n) is 12.6. The van der Waals surface area contributed by atoms with Crippen LogP contribution in [0.2, 0.25) is 0 Å². The van der Waals surface area contributed by atoms with Gasteiger partial charge in [-0.1, -0.05) is 57.5 Å². The number of unbranched alkanes of at least 4 members (excludes halogenated alkanes) is 1. The number of methoxy groups -OCH3 is 1. The van der Waals surface area contributed by atoms with E-state index in [9.17, 15) is 9.59 Å². The highest BCUT2D eigenvalue weighted by Crippen LogP contribution is 2.46. The van der Waals surface area contributed by atoms with Crippen LogP contribution >= 0.6 is 0 Å². The Balaban J connectivity index is 2.02. The van der Waals surface area contributed by atoms with Crippen molar-refractivity contribution in [3.63, 3.8) is 0 Å². The van der Waals surface area contributed by atoms with Crippen LogP contribution in [0.3, 0.4) is 0 Å². The van der Waals surface area contributed by atoms with Gasteiger partial charge in [0, 0.05) is 11.1 Å². The van der Waals surface area contributed by atoms with Gasteiger partial charge < -0.3 is 14.0 Å². The average molecular weight is 492 g/mol. The molecular weight excluding hydrogens is 457 g/mol. The fourth-order valence-corrected chi connectivity index (χ4v) is 5.05. The number of rotatable bonds is 8. The highest BCUT2D eigenvalue weighted by atomic mass is 19.1. The number of fused-ring (bicyclic) bond motifs is 3. The molecule has 0 amide bonds. The lowest BCUT2D eigenvalue weighted by Gasteiger charge is -2.34. The Morgan fingerprint density at radius 3 is 2.56 bits per heavy atom. The first-order valence-corrected chi connectivity index (χ1v) is 12.6. The Hall–Kier alpha value is -3.41. The van der Waals surface area contributed by atoms with Crippen molar-refractivity contribution in [3.05, 3.63) is 86.5 Å². The Labute approximate surface area is 211 Å². The fourth-order valence-electron chi connectivity index (χ4n) is 5.05. The van der Waals surface area contributed by atoms with Crippen LogP contribution in [0.25, 0.3) is 11.3 Å². The van der Waals surface area contributed by atoms with Gasteiger partial charge in [0.25, 0.3) is 5.56 Å². The summed E-state index contributed by atoms with van der Waals surface area (Å²) in [4.78, 5) is 26.3. The minimum Gasteiger partial charge on any atom is -0.493 e. The Kier molecular flexibility index (Phi) is 7.62. The maximum absolute atomic E-state index is 16.1. The lowest BCUT2D eigenvalue weighted by atomic mass is 9.74. The summed E-state index contributed by atoms with van der Waals surface area (Å²) in [5.41, 5.74) is 3.37. The van der Waals surface area contributed by atoms with Gasteiger partial charge >= 0.3 is 5.97 Å². The van der Waals surface area contributed by atoms with Crippen molar-refractivity contribution in [2.24, 2.45) is 5.92 Å². The van der Waals surface area contributed by atoms with Gasteiger partial charge in [-0.2, -0.15) is 0 Å². The van der Waals surface area contributed by atoms with Crippen LogP contribution in [0.1, 0.15) is 72.1 Å². The topological polar surface area (TPSA) is 57.5 Å². The van der Waals surface area contributed by atoms with E-state index < -0.39 is 22.9 Å². The molecule has 190 valence electrons. The molecule has 3 aromatic rings. The molecule has 2 aromatic carbocycles. The third kappa shape index (κ3) is 4.69. The normalized spacial score (nSPS) is 14.4. The van der Waals surface area contributed by atoms with E-state index in [0.717, 1.165) is 40.8 Å². The summed E-state index contributed by atoms with van der Waals surface area (Å²) in [5.74, 6) is -1.05. The fraction of sp³-hybridized carbons (Fsp3) is 0.400. The molecule has 36 heavy (non-hydrogen) atoms. The summed E-state index contributed by atoms with van der Waals surface area (Å²) in [6, 6.07) is 13.6. The number of halogens is 1. The van der Waals surface area contributed by atoms with E-state index in [1.165, 1.54) is 7.11 Å². The van der Waals surface area contributed by atoms with Crippen LogP contribution in [-0.2, 0) is 17.7 Å². The largest absolute Gasteiger partial charge is 0.493 e. The van der Waals surface area contributed by atoms with Crippen LogP contribution in [0, 0.1) is 18.7 Å². The van der Waals surface area contributed by atoms with E-state index in [1.807, 2.05) is 63.2 Å². The maximum Gasteiger partial charge on any atom is 0.346 e. The Morgan fingerprint density at radius 2 is 1.92 bits per heavy atom. The molecule has 0 bridgehead atoms. The summed E-state index contributed by atoms with van der Waals surface area (Å²) in [6.07, 6.45) is 2.60. The number of aryl methyl sites for hydroxylation is 1. The van der Waals surface area contributed by atoms with Gasteiger partial charge in [-0.3, -0.25) is 4.79 Å². The van der Waals surface area contributed by atoms with Crippen LogP contribution in [0.15, 0.2) is 47.3 Å². The van der Waals surface area contributed by atoms with Crippen LogP contribution < -0.4 is 10.3 Å². The smallest absolute Gasteiger partial charge is 0.346 e. The number of ether oxygens (including phenoxy) is 2. The number of esters is 1. The van der Waals surface area contributed by atoms with Gasteiger partial charge in [0.05, 0.1) is 26.0 Å². The van der Waals surface area contributed by atoms with Gasteiger partial charge in [0.2, 0.25) is 0 Å². The second kappa shape index (κ2) is 10.7. The highest BCUT2D eigenvalue weighted by Gasteiger charge is 2.37. The molecule has 0 fully saturated rings. The second-order valence-electron chi connectivity index (χ2n) is 9.85. The molecule has 1 aliphatic carbocycles. The molecule has 0 N–H and O–H groups in total. The Bertz CT molecular complexity index is 1330. The predicted octanol–water partition coefficient (Wildman–Crippen LogP) is 6.27. The van der Waals surface area contributed by atoms with Gasteiger partial charge in [0.1, 0.15) is 11.6 Å². The minimum absolute atomic E-state index is 0.0744. The summed E-state index contributed by atoms with van der Waals surface area (Å²) < 4.78 is 28.6. The molecule has 1 aliphatic rings. The monoisotopic (exact) mass is 491 g/mol. The molecule has 5 nitrogen and oxygen atoms in total. The van der Waals surface area contributed by atoms with Crippen molar-refractivity contribution >= 4 is 5.97 Å². The number of pyridine rings is 1. The van der Waals surface area contributed by atoms with E-state index >= 15 is 4.39 Å². The Morgan fingerprint density at radius 1 is 1.19 bits per heavy atom. The van der Waals surface area contributed by atoms with E-state index in [-0.39, 0.29) is 18.4 Å². The SMILES string of the molecule is CCCCOc1cc2c(cc1C)-c1c(c(F)c(C(=O)OC)c(=O)n1Cc1ccccc1)C(C(C)C)C2. The van der Waals surface area contributed by atoms with Crippen molar-refractivity contribution in [3.8, 4) is 17.0 Å². The molecule has 1 aromatic heterocycles. The first-order chi connectivity index (χ1) is 17.3. The molecule has 1 atom stereocenters. The lowest BCUT2D eigenvalue weighted by Crippen LogP contribution is -2.35. The molecule has 0 saturated carbocycles. The van der Waals surface area contributed by atoms with Crippen molar-refractivity contribution < 1.29 is 18.7 Å². The zero-order valence-corrected chi connectivity index (χ0v) is 21.7. The standard InChI is InChI=1S/C30H34FNO4/c1-6-7-13-36-24-16-21-15-22(18(2)3)25-27(31)26(30(34)35-5)29(33)32(17-20-11-9-8-10-12-20)28(25)23(21)14-19(24)4/h8-12,14,16,18,22H,6-7,13,15,17H2,1-5H3. The van der Waals surface area contributed by atoms with E-state index in [1.54, 1.807) is 4.57 Å². The first kappa shape index (κ1) is 25.7. The van der Waals surface area contributed by atoms with E-state index in [4.69, 9.17) is 9.47 Å². The van der Waals surface area contributed by atoms with Gasteiger partial charge in [-0.05, 0) is 60.4 Å². The third-order valence-electron chi connectivity index (χ3n) is 7.04. The minimum atomic E-state index is -0.953. The van der Waals surface area contributed by atoms with Crippen molar-refractivity contribution in [2.45, 2.75) is 59.4 Å². The highest BCUT2D eigenvalue weighted by molar-refractivity contribution is 5.91. The number of carbonyl (C=O) groups is 1. The van der Waals surface area contributed by atoms with Crippen molar-refractivity contribution in [1.29, 1.82) is 0 Å². The third-order valence-corrected chi connectivity index (χ3v) is 7.04. The van der Waals surface area contributed by atoms with Crippen LogP contribution in [-0.4, -0.2) is 24.3 Å². The average Bonchev–Trinajstić information content (AvgIpc) is 2.86. The molecule has 1 unspecified atom stereocenters. The van der Waals surface area contributed by atoms with Gasteiger partial charge in [-0.15, -0.1) is 0 Å². The van der Waals surface area contributed by atoms with Crippen LogP contribution in [0.5, 0.6) is 5.75 Å². The van der Waals surface area contributed by atoms with Gasteiger partial charge in [0.15, 0.2) is 5.56 Å². The number of hydrogen-bond donors (Lipinski definition) is 0. The molecule has 0 spiro atoms. The molecule has 6 heteroatoms. The predicted molar refractivity (Wildman–Crippen MR) is 139 cm³/mol. The van der Waals surface area contributed by atoms with E-state index in [0.29, 0.717) is 24.3 Å². The van der Waals surface area contributed by atoms with E-state index in [2.05, 4.69) is 6.92 Å². The maximum atomic E-state index is 16.1. The summed E-state index contributed by atoms with van der Waals surface area (Å²) in [6.45, 7) is 9.01. The number of carbonyl (C=O) groups excluding carboxylic acids is 1. The molecule has 0 aliphatic heterocycles. The van der Waals surface area contributed by atoms with Crippen LogP contribution in [0.4, 0.5) is 4.39 Å². The van der Waals surface area contributed by atoms with Gasteiger partial charge in [-0.25, -0.2) is 9.18 Å². The summed E-state index contributed by atoms with van der Waals surface area (Å²) in [7, 11) is 1.17.